The van der Waals surface area contributed by atoms with Crippen molar-refractivity contribution in [3.05, 3.63) is 65.2 Å². The minimum absolute atomic E-state index is 0.214. The van der Waals surface area contributed by atoms with Crippen LogP contribution in [0.2, 0.25) is 0 Å². The maximum Gasteiger partial charge on any atom is 0.470 e. The Labute approximate surface area is 202 Å². The second-order valence-corrected chi connectivity index (χ2v) is 8.29. The topological polar surface area (TPSA) is 65.5 Å². The van der Waals surface area contributed by atoms with Crippen molar-refractivity contribution in [2.24, 2.45) is 5.10 Å². The van der Waals surface area contributed by atoms with Crippen LogP contribution in [0.25, 0.3) is 0 Å². The summed E-state index contributed by atoms with van der Waals surface area (Å²) >= 11 is 0. The van der Waals surface area contributed by atoms with E-state index >= 15 is 0 Å². The highest BCUT2D eigenvalue weighted by molar-refractivity contribution is 5.93. The monoisotopic (exact) mass is 490 g/mol. The summed E-state index contributed by atoms with van der Waals surface area (Å²) in [5.41, 5.74) is 2.96. The van der Waals surface area contributed by atoms with Crippen LogP contribution in [-0.2, 0) is 16.1 Å². The number of hydrogen-bond acceptors (Lipinski definition) is 5. The second-order valence-electron chi connectivity index (χ2n) is 8.29. The van der Waals surface area contributed by atoms with Crippen molar-refractivity contribution < 1.29 is 27.5 Å². The van der Waals surface area contributed by atoms with E-state index in [4.69, 9.17) is 4.74 Å². The number of aryl methyl sites for hydroxylation is 1. The molecule has 7 nitrogen and oxygen atoms in total. The van der Waals surface area contributed by atoms with Crippen LogP contribution >= 0.6 is 0 Å². The van der Waals surface area contributed by atoms with Gasteiger partial charge in [0.1, 0.15) is 6.29 Å². The first-order valence-electron chi connectivity index (χ1n) is 11.4. The van der Waals surface area contributed by atoms with Crippen molar-refractivity contribution >= 4 is 23.9 Å². The number of para-hydroxylation sites is 1. The lowest BCUT2D eigenvalue weighted by molar-refractivity contribution is -0.108. The number of benzene rings is 2. The zero-order valence-electron chi connectivity index (χ0n) is 20.0. The van der Waals surface area contributed by atoms with Crippen molar-refractivity contribution in [2.75, 3.05) is 25.0 Å². The fourth-order valence-electron chi connectivity index (χ4n) is 3.85. The van der Waals surface area contributed by atoms with E-state index in [-0.39, 0.29) is 19.0 Å². The number of hydrazone groups is 1. The summed E-state index contributed by atoms with van der Waals surface area (Å²) < 4.78 is 43.9. The van der Waals surface area contributed by atoms with Gasteiger partial charge in [0.05, 0.1) is 6.54 Å². The third-order valence-electron chi connectivity index (χ3n) is 5.58. The van der Waals surface area contributed by atoms with Gasteiger partial charge in [-0.2, -0.15) is 13.2 Å². The summed E-state index contributed by atoms with van der Waals surface area (Å²) in [6.07, 6.45) is -3.86. The second kappa shape index (κ2) is 11.2. The molecule has 1 atom stereocenters. The smallest absolute Gasteiger partial charge is 0.443 e. The maximum atomic E-state index is 13.5. The Morgan fingerprint density at radius 1 is 1.14 bits per heavy atom. The molecule has 0 spiro atoms. The first kappa shape index (κ1) is 26.1. The largest absolute Gasteiger partial charge is 0.470 e. The molecule has 0 saturated heterocycles. The van der Waals surface area contributed by atoms with Crippen LogP contribution in [0, 0.1) is 6.92 Å². The fourth-order valence-corrected chi connectivity index (χ4v) is 3.85. The average Bonchev–Trinajstić information content (AvgIpc) is 3.23. The van der Waals surface area contributed by atoms with Gasteiger partial charge >= 0.3 is 18.1 Å². The van der Waals surface area contributed by atoms with Crippen LogP contribution in [-0.4, -0.2) is 54.4 Å². The van der Waals surface area contributed by atoms with Crippen LogP contribution in [0.4, 0.5) is 23.7 Å². The molecule has 0 bridgehead atoms. The highest BCUT2D eigenvalue weighted by Gasteiger charge is 2.45. The number of nitrogens with zero attached hydrogens (tertiary/aromatic N) is 4. The van der Waals surface area contributed by atoms with Gasteiger partial charge in [-0.1, -0.05) is 49.4 Å². The van der Waals surface area contributed by atoms with Crippen molar-refractivity contribution in [1.82, 2.24) is 9.91 Å². The van der Waals surface area contributed by atoms with Gasteiger partial charge in [0.15, 0.2) is 0 Å². The Morgan fingerprint density at radius 3 is 2.40 bits per heavy atom. The van der Waals surface area contributed by atoms with Crippen molar-refractivity contribution in [2.45, 2.75) is 45.6 Å². The molecule has 0 saturated carbocycles. The Morgan fingerprint density at radius 2 is 1.83 bits per heavy atom. The van der Waals surface area contributed by atoms with Crippen molar-refractivity contribution in [3.8, 4) is 0 Å². The van der Waals surface area contributed by atoms with E-state index in [9.17, 15) is 22.8 Å². The predicted molar refractivity (Wildman–Crippen MR) is 127 cm³/mol. The molecule has 0 aromatic heterocycles. The molecule has 0 fully saturated rings. The molecule has 1 aliphatic rings. The number of ether oxygens (including phenoxy) is 1. The number of anilines is 1. The zero-order chi connectivity index (χ0) is 25.6. The molecule has 1 aliphatic heterocycles. The normalized spacial score (nSPS) is 15.4. The summed E-state index contributed by atoms with van der Waals surface area (Å²) in [5.74, 6) is -1.28. The molecule has 0 radical (unpaired) electrons. The van der Waals surface area contributed by atoms with Crippen LogP contribution < -0.4 is 4.90 Å². The molecule has 3 rings (SSSR count). The molecule has 2 aromatic carbocycles. The number of carbonyl (C=O) groups excluding carboxylic acids is 2. The van der Waals surface area contributed by atoms with E-state index in [0.717, 1.165) is 34.5 Å². The van der Waals surface area contributed by atoms with E-state index in [1.165, 1.54) is 7.05 Å². The molecule has 10 heteroatoms. The SMILES string of the molecule is CCCN(CCC=O)C(=O)N(Cc1ccc(C2OC(C(F)(F)F)=NN2C)cc1)c1ccccc1C. The Kier molecular flexibility index (Phi) is 8.37. The van der Waals surface area contributed by atoms with Gasteiger partial charge in [0.2, 0.25) is 6.23 Å². The van der Waals surface area contributed by atoms with Crippen molar-refractivity contribution in [3.63, 3.8) is 0 Å². The molecule has 35 heavy (non-hydrogen) atoms. The van der Waals surface area contributed by atoms with Crippen LogP contribution in [0.3, 0.4) is 0 Å². The molecule has 2 aromatic rings. The average molecular weight is 491 g/mol. The molecule has 1 unspecified atom stereocenters. The van der Waals surface area contributed by atoms with E-state index in [1.54, 1.807) is 34.1 Å². The van der Waals surface area contributed by atoms with Gasteiger partial charge in [0.25, 0.3) is 0 Å². The number of hydrogen-bond donors (Lipinski definition) is 0. The third kappa shape index (κ3) is 6.32. The fraction of sp³-hybridized carbons (Fsp3) is 0.400. The van der Waals surface area contributed by atoms with Crippen LogP contribution in [0.1, 0.15) is 42.7 Å². The lowest BCUT2D eigenvalue weighted by atomic mass is 10.1. The summed E-state index contributed by atoms with van der Waals surface area (Å²) in [6, 6.07) is 14.2. The number of carbonyl (C=O) groups is 2. The lowest BCUT2D eigenvalue weighted by Crippen LogP contribution is -2.44. The van der Waals surface area contributed by atoms with Gasteiger partial charge in [-0.3, -0.25) is 9.91 Å². The minimum Gasteiger partial charge on any atom is -0.443 e. The molecular formula is C25H29F3N4O3. The van der Waals surface area contributed by atoms with Gasteiger partial charge < -0.3 is 14.4 Å². The van der Waals surface area contributed by atoms with Gasteiger partial charge in [0, 0.05) is 37.8 Å². The summed E-state index contributed by atoms with van der Waals surface area (Å²) in [6.45, 7) is 4.97. The molecule has 0 aliphatic carbocycles. The van der Waals surface area contributed by atoms with Gasteiger partial charge in [-0.05, 0) is 30.5 Å². The number of halogens is 3. The van der Waals surface area contributed by atoms with E-state index in [0.29, 0.717) is 18.7 Å². The molecule has 188 valence electrons. The third-order valence-corrected chi connectivity index (χ3v) is 5.58. The molecule has 0 N–H and O–H groups in total. The first-order valence-corrected chi connectivity index (χ1v) is 11.4. The van der Waals surface area contributed by atoms with E-state index in [1.807, 2.05) is 38.1 Å². The van der Waals surface area contributed by atoms with Crippen LogP contribution in [0.5, 0.6) is 0 Å². The summed E-state index contributed by atoms with van der Waals surface area (Å²) in [7, 11) is 1.41. The molecule has 1 heterocycles. The molecular weight excluding hydrogens is 461 g/mol. The highest BCUT2D eigenvalue weighted by atomic mass is 19.4. The highest BCUT2D eigenvalue weighted by Crippen LogP contribution is 2.33. The number of rotatable bonds is 9. The number of amides is 2. The number of urea groups is 1. The summed E-state index contributed by atoms with van der Waals surface area (Å²) in [5, 5.41) is 4.56. The Balaban J connectivity index is 1.83. The predicted octanol–water partition coefficient (Wildman–Crippen LogP) is 5.26. The van der Waals surface area contributed by atoms with E-state index < -0.39 is 18.3 Å². The van der Waals surface area contributed by atoms with Crippen molar-refractivity contribution in [1.29, 1.82) is 0 Å². The molecule has 2 amide bonds. The number of alkyl halides is 3. The zero-order valence-corrected chi connectivity index (χ0v) is 20.0. The van der Waals surface area contributed by atoms with Crippen LogP contribution in [0.15, 0.2) is 53.6 Å². The number of aldehydes is 1. The van der Waals surface area contributed by atoms with Gasteiger partial charge in [-0.25, -0.2) is 4.79 Å². The van der Waals surface area contributed by atoms with E-state index in [2.05, 4.69) is 5.10 Å². The first-order chi connectivity index (χ1) is 16.7. The minimum atomic E-state index is -4.66. The Bertz CT molecular complexity index is 1060. The summed E-state index contributed by atoms with van der Waals surface area (Å²) in [4.78, 5) is 27.8. The van der Waals surface area contributed by atoms with Gasteiger partial charge in [-0.15, -0.1) is 5.10 Å². The standard InChI is InChI=1S/C25H29F3N4O3/c1-4-14-31(15-7-16-33)24(34)32(21-9-6-5-8-18(21)2)17-19-10-12-20(13-11-19)22-30(3)29-23(35-22)25(26,27)28/h5-6,8-13,16,22H,4,7,14-15,17H2,1-3H3. The quantitative estimate of drug-likeness (QED) is 0.450. The Hall–Kier alpha value is -3.56. The lowest BCUT2D eigenvalue weighted by Gasteiger charge is -2.31. The maximum absolute atomic E-state index is 13.5.